The van der Waals surface area contributed by atoms with Crippen molar-refractivity contribution in [1.29, 1.82) is 5.26 Å². The first kappa shape index (κ1) is 17.9. The molecule has 0 spiro atoms. The van der Waals surface area contributed by atoms with Crippen molar-refractivity contribution in [3.8, 4) is 17.3 Å². The Morgan fingerprint density at radius 2 is 1.96 bits per heavy atom. The lowest BCUT2D eigenvalue weighted by Crippen LogP contribution is -2.30. The highest BCUT2D eigenvalue weighted by Gasteiger charge is 2.13. The predicted octanol–water partition coefficient (Wildman–Crippen LogP) is 1.29. The first-order valence-electron chi connectivity index (χ1n) is 7.61. The van der Waals surface area contributed by atoms with Crippen LogP contribution in [0.1, 0.15) is 35.2 Å². The molecule has 0 unspecified atom stereocenters. The molecule has 0 bridgehead atoms. The quantitative estimate of drug-likeness (QED) is 0.650. The monoisotopic (exact) mass is 340 g/mol. The maximum atomic E-state index is 12.1. The van der Waals surface area contributed by atoms with Crippen LogP contribution in [0, 0.1) is 11.3 Å². The summed E-state index contributed by atoms with van der Waals surface area (Å²) in [4.78, 5) is 34.4. The molecule has 0 fully saturated rings. The minimum atomic E-state index is -0.885. The Morgan fingerprint density at radius 3 is 2.60 bits per heavy atom. The van der Waals surface area contributed by atoms with Crippen molar-refractivity contribution in [3.63, 3.8) is 0 Å². The van der Waals surface area contributed by atoms with Gasteiger partial charge in [0.05, 0.1) is 17.3 Å². The summed E-state index contributed by atoms with van der Waals surface area (Å²) in [5, 5.41) is 26.1. The van der Waals surface area contributed by atoms with Gasteiger partial charge in [0.25, 0.3) is 11.5 Å². The number of hydrogen-bond donors (Lipinski definition) is 3. The number of nitrogens with zero attached hydrogens (tertiary/aromatic N) is 2. The number of aromatic amines is 1. The number of carbonyl (C=O) groups is 2. The highest BCUT2D eigenvalue weighted by molar-refractivity contribution is 5.94. The number of carbonyl (C=O) groups excluding carboxylic acids is 1. The zero-order chi connectivity index (χ0) is 18.2. The Balaban J connectivity index is 2.07. The van der Waals surface area contributed by atoms with Gasteiger partial charge in [-0.25, -0.2) is 5.10 Å². The van der Waals surface area contributed by atoms with Crippen molar-refractivity contribution >= 4 is 11.9 Å². The molecule has 0 saturated carbocycles. The van der Waals surface area contributed by atoms with Crippen LogP contribution in [0.2, 0.25) is 0 Å². The van der Waals surface area contributed by atoms with Gasteiger partial charge in [0.15, 0.2) is 0 Å². The number of carboxylic acid groups (broad SMARTS) is 1. The van der Waals surface area contributed by atoms with Crippen LogP contribution in [0.25, 0.3) is 11.3 Å². The molecule has 3 N–H and O–H groups in total. The van der Waals surface area contributed by atoms with E-state index in [2.05, 4.69) is 15.5 Å². The van der Waals surface area contributed by atoms with E-state index in [1.165, 1.54) is 6.07 Å². The third kappa shape index (κ3) is 5.00. The number of rotatable bonds is 7. The van der Waals surface area contributed by atoms with Gasteiger partial charge in [-0.2, -0.15) is 10.4 Å². The molecule has 1 aromatic heterocycles. The third-order valence-corrected chi connectivity index (χ3v) is 3.46. The first-order valence-corrected chi connectivity index (χ1v) is 7.61. The van der Waals surface area contributed by atoms with Crippen molar-refractivity contribution < 1.29 is 14.7 Å². The summed E-state index contributed by atoms with van der Waals surface area (Å²) < 4.78 is 0. The van der Waals surface area contributed by atoms with Gasteiger partial charge < -0.3 is 10.4 Å². The fourth-order valence-corrected chi connectivity index (χ4v) is 2.14. The maximum Gasteiger partial charge on any atom is 0.303 e. The molecule has 0 atom stereocenters. The van der Waals surface area contributed by atoms with Gasteiger partial charge in [-0.3, -0.25) is 14.4 Å². The fourth-order valence-electron chi connectivity index (χ4n) is 2.14. The number of amides is 1. The molecule has 1 amide bonds. The number of aromatic nitrogens is 2. The number of H-pyrrole nitrogens is 1. The molecule has 1 heterocycles. The summed E-state index contributed by atoms with van der Waals surface area (Å²) in [6, 6.07) is 9.97. The number of nitriles is 1. The third-order valence-electron chi connectivity index (χ3n) is 3.46. The van der Waals surface area contributed by atoms with Crippen molar-refractivity contribution in [2.24, 2.45) is 0 Å². The smallest absolute Gasteiger partial charge is 0.303 e. The number of hydrogen-bond acceptors (Lipinski definition) is 5. The van der Waals surface area contributed by atoms with E-state index in [1.54, 1.807) is 24.3 Å². The van der Waals surface area contributed by atoms with E-state index in [-0.39, 0.29) is 18.5 Å². The second-order valence-electron chi connectivity index (χ2n) is 5.29. The summed E-state index contributed by atoms with van der Waals surface area (Å²) in [7, 11) is 0. The molecule has 25 heavy (non-hydrogen) atoms. The molecule has 0 radical (unpaired) electrons. The van der Waals surface area contributed by atoms with Gasteiger partial charge in [-0.1, -0.05) is 12.1 Å². The van der Waals surface area contributed by atoms with E-state index < -0.39 is 17.4 Å². The predicted molar refractivity (Wildman–Crippen MR) is 88.8 cm³/mol. The Labute approximate surface area is 143 Å². The van der Waals surface area contributed by atoms with Gasteiger partial charge >= 0.3 is 5.97 Å². The van der Waals surface area contributed by atoms with E-state index in [0.717, 1.165) is 0 Å². The van der Waals surface area contributed by atoms with Crippen LogP contribution in [-0.4, -0.2) is 33.7 Å². The van der Waals surface area contributed by atoms with E-state index in [0.29, 0.717) is 29.7 Å². The molecule has 8 heteroatoms. The normalized spacial score (nSPS) is 10.0. The lowest BCUT2D eigenvalue weighted by atomic mass is 10.1. The maximum absolute atomic E-state index is 12.1. The zero-order valence-corrected chi connectivity index (χ0v) is 13.3. The molecule has 8 nitrogen and oxygen atoms in total. The fraction of sp³-hybridized carbons (Fsp3) is 0.235. The van der Waals surface area contributed by atoms with Crippen molar-refractivity contribution in [1.82, 2.24) is 15.5 Å². The Bertz CT molecular complexity index is 865. The van der Waals surface area contributed by atoms with Gasteiger partial charge in [-0.05, 0) is 31.0 Å². The second kappa shape index (κ2) is 8.40. The summed E-state index contributed by atoms with van der Waals surface area (Å²) in [5.41, 5.74) is 0.867. The number of carboxylic acids is 1. The Kier molecular flexibility index (Phi) is 6.01. The van der Waals surface area contributed by atoms with Gasteiger partial charge in [0, 0.05) is 18.5 Å². The van der Waals surface area contributed by atoms with Crippen LogP contribution in [0.4, 0.5) is 0 Å². The van der Waals surface area contributed by atoms with E-state index in [4.69, 9.17) is 10.4 Å². The second-order valence-corrected chi connectivity index (χ2v) is 5.29. The summed E-state index contributed by atoms with van der Waals surface area (Å²) in [6.07, 6.45) is 0.983. The highest BCUT2D eigenvalue weighted by atomic mass is 16.4. The Hall–Kier alpha value is -3.47. The average molecular weight is 340 g/mol. The summed E-state index contributed by atoms with van der Waals surface area (Å²) in [5.74, 6) is -1.43. The number of unbranched alkanes of at least 4 members (excludes halogenated alkanes) is 1. The van der Waals surface area contributed by atoms with Gasteiger partial charge in [0.1, 0.15) is 5.56 Å². The van der Waals surface area contributed by atoms with E-state index >= 15 is 0 Å². The molecule has 2 aromatic rings. The first-order chi connectivity index (χ1) is 12.0. The molecule has 128 valence electrons. The highest BCUT2D eigenvalue weighted by Crippen LogP contribution is 2.16. The minimum absolute atomic E-state index is 0.0363. The van der Waals surface area contributed by atoms with Crippen LogP contribution in [0.3, 0.4) is 0 Å². The molecule has 0 aliphatic carbocycles. The molecule has 2 rings (SSSR count). The van der Waals surface area contributed by atoms with Crippen LogP contribution in [-0.2, 0) is 4.79 Å². The van der Waals surface area contributed by atoms with E-state index in [1.807, 2.05) is 6.07 Å². The van der Waals surface area contributed by atoms with Crippen molar-refractivity contribution in [2.45, 2.75) is 19.3 Å². The van der Waals surface area contributed by atoms with Crippen molar-refractivity contribution in [3.05, 3.63) is 51.8 Å². The number of benzene rings is 1. The zero-order valence-electron chi connectivity index (χ0n) is 13.3. The standard InChI is InChI=1S/C17H16N4O4/c18-10-11-4-6-12(7-5-11)14-9-13(17(25)21-20-14)16(24)19-8-2-1-3-15(22)23/h4-7,9H,1-3,8H2,(H,19,24)(H,21,25)(H,22,23). The van der Waals surface area contributed by atoms with Crippen LogP contribution in [0.15, 0.2) is 35.1 Å². The van der Waals surface area contributed by atoms with Crippen LogP contribution < -0.4 is 10.9 Å². The Morgan fingerprint density at radius 1 is 1.24 bits per heavy atom. The topological polar surface area (TPSA) is 136 Å². The van der Waals surface area contributed by atoms with E-state index in [9.17, 15) is 14.4 Å². The number of nitrogens with one attached hydrogen (secondary N) is 2. The minimum Gasteiger partial charge on any atom is -0.481 e. The average Bonchev–Trinajstić information content (AvgIpc) is 2.61. The van der Waals surface area contributed by atoms with Gasteiger partial charge in [0.2, 0.25) is 0 Å². The molecular weight excluding hydrogens is 324 g/mol. The molecule has 1 aromatic carbocycles. The SMILES string of the molecule is N#Cc1ccc(-c2cc(C(=O)NCCCCC(=O)O)c(=O)[nH]n2)cc1. The summed E-state index contributed by atoms with van der Waals surface area (Å²) >= 11 is 0. The van der Waals surface area contributed by atoms with Gasteiger partial charge in [-0.15, -0.1) is 0 Å². The lowest BCUT2D eigenvalue weighted by molar-refractivity contribution is -0.137. The van der Waals surface area contributed by atoms with Crippen LogP contribution >= 0.6 is 0 Å². The molecule has 0 aliphatic rings. The molecular formula is C17H16N4O4. The molecule has 0 aliphatic heterocycles. The molecule has 0 saturated heterocycles. The van der Waals surface area contributed by atoms with Crippen LogP contribution in [0.5, 0.6) is 0 Å². The number of aliphatic carboxylic acids is 1. The lowest BCUT2D eigenvalue weighted by Gasteiger charge is -2.06. The van der Waals surface area contributed by atoms with Crippen molar-refractivity contribution in [2.75, 3.05) is 6.54 Å². The largest absolute Gasteiger partial charge is 0.481 e. The summed E-state index contributed by atoms with van der Waals surface area (Å²) in [6.45, 7) is 0.278.